The molecule has 1 aromatic heterocycles. The van der Waals surface area contributed by atoms with E-state index in [9.17, 15) is 0 Å². The van der Waals surface area contributed by atoms with E-state index >= 15 is 0 Å². The first-order chi connectivity index (χ1) is 7.81. The van der Waals surface area contributed by atoms with Crippen molar-refractivity contribution in [2.24, 2.45) is 5.73 Å². The Morgan fingerprint density at radius 1 is 1.31 bits per heavy atom. The van der Waals surface area contributed by atoms with Crippen molar-refractivity contribution in [3.63, 3.8) is 0 Å². The smallest absolute Gasteiger partial charge is 0.133 e. The summed E-state index contributed by atoms with van der Waals surface area (Å²) in [6.45, 7) is 2.85. The highest BCUT2D eigenvalue weighted by molar-refractivity contribution is 5.91. The molecule has 0 saturated carbocycles. The number of nitrogens with zero attached hydrogens (tertiary/aromatic N) is 1. The van der Waals surface area contributed by atoms with Gasteiger partial charge in [0, 0.05) is 24.2 Å². The van der Waals surface area contributed by atoms with Crippen LogP contribution in [0.15, 0.2) is 36.5 Å². The highest BCUT2D eigenvalue weighted by Gasteiger charge is 2.03. The second-order valence-corrected chi connectivity index (χ2v) is 3.93. The molecule has 1 heterocycles. The fourth-order valence-electron chi connectivity index (χ4n) is 1.63. The van der Waals surface area contributed by atoms with Gasteiger partial charge in [-0.2, -0.15) is 0 Å². The van der Waals surface area contributed by atoms with Crippen LogP contribution in [0, 0.1) is 0 Å². The summed E-state index contributed by atoms with van der Waals surface area (Å²) in [5, 5.41) is 5.65. The molecule has 1 aromatic carbocycles. The molecule has 2 aromatic rings. The Bertz CT molecular complexity index is 462. The minimum absolute atomic E-state index is 0.181. The molecule has 3 nitrogen and oxygen atoms in total. The van der Waals surface area contributed by atoms with Crippen molar-refractivity contribution < 1.29 is 0 Å². The van der Waals surface area contributed by atoms with Crippen molar-refractivity contribution in [2.45, 2.75) is 19.4 Å². The van der Waals surface area contributed by atoms with Crippen LogP contribution in [-0.4, -0.2) is 17.6 Å². The molecule has 0 fully saturated rings. The van der Waals surface area contributed by atoms with E-state index in [1.807, 2.05) is 24.4 Å². The summed E-state index contributed by atoms with van der Waals surface area (Å²) >= 11 is 0. The largest absolute Gasteiger partial charge is 0.368 e. The number of nitrogens with one attached hydrogen (secondary N) is 1. The second kappa shape index (κ2) is 4.94. The Morgan fingerprint density at radius 2 is 2.12 bits per heavy atom. The Balaban J connectivity index is 2.23. The predicted octanol–water partition coefficient (Wildman–Crippen LogP) is 2.38. The zero-order chi connectivity index (χ0) is 11.4. The number of hydrogen-bond acceptors (Lipinski definition) is 3. The molecule has 16 heavy (non-hydrogen) atoms. The van der Waals surface area contributed by atoms with Crippen molar-refractivity contribution in [3.05, 3.63) is 36.5 Å². The van der Waals surface area contributed by atoms with Crippen LogP contribution in [0.25, 0.3) is 10.8 Å². The molecular weight excluding hydrogens is 198 g/mol. The van der Waals surface area contributed by atoms with Crippen LogP contribution in [0.3, 0.4) is 0 Å². The molecule has 3 N–H and O–H groups in total. The van der Waals surface area contributed by atoms with E-state index in [-0.39, 0.29) is 6.04 Å². The van der Waals surface area contributed by atoms with Gasteiger partial charge in [-0.3, -0.25) is 0 Å². The van der Waals surface area contributed by atoms with E-state index in [0.717, 1.165) is 24.2 Å². The van der Waals surface area contributed by atoms with Gasteiger partial charge >= 0.3 is 0 Å². The third-order valence-electron chi connectivity index (χ3n) is 2.73. The van der Waals surface area contributed by atoms with Gasteiger partial charge < -0.3 is 11.1 Å². The summed E-state index contributed by atoms with van der Waals surface area (Å²) in [7, 11) is 0. The molecule has 0 bridgehead atoms. The summed E-state index contributed by atoms with van der Waals surface area (Å²) < 4.78 is 0. The molecule has 2 rings (SSSR count). The summed E-state index contributed by atoms with van der Waals surface area (Å²) in [6, 6.07) is 10.4. The molecule has 0 saturated heterocycles. The van der Waals surface area contributed by atoms with E-state index in [1.54, 1.807) is 0 Å². The van der Waals surface area contributed by atoms with Crippen LogP contribution in [-0.2, 0) is 0 Å². The van der Waals surface area contributed by atoms with E-state index in [1.165, 1.54) is 5.39 Å². The maximum absolute atomic E-state index is 5.87. The molecule has 3 heteroatoms. The number of rotatable bonds is 4. The summed E-state index contributed by atoms with van der Waals surface area (Å²) in [6.07, 6.45) is 2.79. The van der Waals surface area contributed by atoms with Gasteiger partial charge in [0.15, 0.2) is 0 Å². The highest BCUT2D eigenvalue weighted by atomic mass is 15.0. The van der Waals surface area contributed by atoms with E-state index in [4.69, 9.17) is 5.73 Å². The Morgan fingerprint density at radius 3 is 2.94 bits per heavy atom. The van der Waals surface area contributed by atoms with E-state index < -0.39 is 0 Å². The van der Waals surface area contributed by atoms with Crippen LogP contribution in [0.4, 0.5) is 5.82 Å². The Kier molecular flexibility index (Phi) is 3.37. The average Bonchev–Trinajstić information content (AvgIpc) is 2.35. The van der Waals surface area contributed by atoms with Gasteiger partial charge in [0.25, 0.3) is 0 Å². The van der Waals surface area contributed by atoms with Gasteiger partial charge in [-0.1, -0.05) is 31.2 Å². The third-order valence-corrected chi connectivity index (χ3v) is 2.73. The van der Waals surface area contributed by atoms with Gasteiger partial charge in [-0.15, -0.1) is 0 Å². The maximum atomic E-state index is 5.87. The number of pyridine rings is 1. The van der Waals surface area contributed by atoms with Crippen molar-refractivity contribution in [1.29, 1.82) is 0 Å². The van der Waals surface area contributed by atoms with E-state index in [0.29, 0.717) is 0 Å². The molecule has 84 valence electrons. The highest BCUT2D eigenvalue weighted by Crippen LogP contribution is 2.20. The zero-order valence-electron chi connectivity index (χ0n) is 9.48. The number of aromatic nitrogens is 1. The lowest BCUT2D eigenvalue weighted by Gasteiger charge is -2.12. The lowest BCUT2D eigenvalue weighted by molar-refractivity contribution is 0.678. The first-order valence-corrected chi connectivity index (χ1v) is 5.64. The number of hydrogen-bond donors (Lipinski definition) is 2. The SMILES string of the molecule is CCC(N)CNc1nccc2ccccc12. The summed E-state index contributed by atoms with van der Waals surface area (Å²) in [5.41, 5.74) is 5.87. The van der Waals surface area contributed by atoms with Gasteiger partial charge in [0.2, 0.25) is 0 Å². The van der Waals surface area contributed by atoms with Crippen LogP contribution in [0.5, 0.6) is 0 Å². The number of anilines is 1. The van der Waals surface area contributed by atoms with Crippen LogP contribution >= 0.6 is 0 Å². The van der Waals surface area contributed by atoms with Gasteiger partial charge in [0.05, 0.1) is 0 Å². The topological polar surface area (TPSA) is 50.9 Å². The first kappa shape index (κ1) is 10.9. The van der Waals surface area contributed by atoms with Crippen LogP contribution in [0.2, 0.25) is 0 Å². The van der Waals surface area contributed by atoms with Gasteiger partial charge in [0.1, 0.15) is 5.82 Å². The first-order valence-electron chi connectivity index (χ1n) is 5.64. The van der Waals surface area contributed by atoms with Gasteiger partial charge in [-0.05, 0) is 17.9 Å². The minimum atomic E-state index is 0.181. The summed E-state index contributed by atoms with van der Waals surface area (Å²) in [4.78, 5) is 4.35. The molecule has 1 unspecified atom stereocenters. The fraction of sp³-hybridized carbons (Fsp3) is 0.308. The number of benzene rings is 1. The standard InChI is InChI=1S/C13H17N3/c1-2-11(14)9-16-13-12-6-4-3-5-10(12)7-8-15-13/h3-8,11H,2,9,14H2,1H3,(H,15,16). The third kappa shape index (κ3) is 2.31. The molecule has 1 atom stereocenters. The lowest BCUT2D eigenvalue weighted by Crippen LogP contribution is -2.28. The van der Waals surface area contributed by atoms with Crippen molar-refractivity contribution in [3.8, 4) is 0 Å². The van der Waals surface area contributed by atoms with Crippen molar-refractivity contribution in [1.82, 2.24) is 4.98 Å². The van der Waals surface area contributed by atoms with Gasteiger partial charge in [-0.25, -0.2) is 4.98 Å². The number of fused-ring (bicyclic) bond motifs is 1. The van der Waals surface area contributed by atoms with Crippen molar-refractivity contribution in [2.75, 3.05) is 11.9 Å². The Labute approximate surface area is 95.7 Å². The monoisotopic (exact) mass is 215 g/mol. The fourth-order valence-corrected chi connectivity index (χ4v) is 1.63. The zero-order valence-corrected chi connectivity index (χ0v) is 9.48. The molecule has 0 aliphatic heterocycles. The predicted molar refractivity (Wildman–Crippen MR) is 68.5 cm³/mol. The maximum Gasteiger partial charge on any atom is 0.133 e. The molecule has 0 aliphatic carbocycles. The molecule has 0 aliphatic rings. The molecule has 0 radical (unpaired) electrons. The lowest BCUT2D eigenvalue weighted by atomic mass is 10.1. The normalized spacial score (nSPS) is 12.6. The molecule has 0 amide bonds. The molecule has 0 spiro atoms. The summed E-state index contributed by atoms with van der Waals surface area (Å²) in [5.74, 6) is 0.919. The van der Waals surface area contributed by atoms with Crippen molar-refractivity contribution >= 4 is 16.6 Å². The minimum Gasteiger partial charge on any atom is -0.368 e. The second-order valence-electron chi connectivity index (χ2n) is 3.93. The quantitative estimate of drug-likeness (QED) is 0.823. The molecular formula is C13H17N3. The van der Waals surface area contributed by atoms with Crippen LogP contribution in [0.1, 0.15) is 13.3 Å². The number of nitrogens with two attached hydrogens (primary N) is 1. The van der Waals surface area contributed by atoms with E-state index in [2.05, 4.69) is 29.4 Å². The Hall–Kier alpha value is -1.61. The van der Waals surface area contributed by atoms with Crippen LogP contribution < -0.4 is 11.1 Å². The average molecular weight is 215 g/mol.